The van der Waals surface area contributed by atoms with Gasteiger partial charge in [-0.15, -0.1) is 6.58 Å². The first-order valence-corrected chi connectivity index (χ1v) is 4.51. The molecule has 13 heavy (non-hydrogen) atoms. The summed E-state index contributed by atoms with van der Waals surface area (Å²) in [6.07, 6.45) is 3.67. The maximum Gasteiger partial charge on any atom is 0.0571 e. The van der Waals surface area contributed by atoms with Gasteiger partial charge in [0.1, 0.15) is 0 Å². The maximum absolute atomic E-state index is 5.94. The zero-order valence-electron chi connectivity index (χ0n) is 8.03. The minimum atomic E-state index is 0.0397. The van der Waals surface area contributed by atoms with Crippen LogP contribution in [0.15, 0.2) is 36.5 Å². The summed E-state index contributed by atoms with van der Waals surface area (Å²) in [7, 11) is 0. The number of nitrogens with two attached hydrogens (primary N) is 1. The summed E-state index contributed by atoms with van der Waals surface area (Å²) in [5, 5.41) is 0. The van der Waals surface area contributed by atoms with Crippen LogP contribution < -0.4 is 5.73 Å². The summed E-state index contributed by atoms with van der Waals surface area (Å²) in [6, 6.07) is 5.86. The highest BCUT2D eigenvalue weighted by molar-refractivity contribution is 5.08. The van der Waals surface area contributed by atoms with Crippen LogP contribution in [0.25, 0.3) is 0 Å². The van der Waals surface area contributed by atoms with E-state index in [9.17, 15) is 0 Å². The third-order valence-electron chi connectivity index (χ3n) is 1.95. The number of rotatable bonds is 4. The largest absolute Gasteiger partial charge is 0.323 e. The lowest BCUT2D eigenvalue weighted by Gasteiger charge is -2.09. The van der Waals surface area contributed by atoms with E-state index < -0.39 is 0 Å². The van der Waals surface area contributed by atoms with Gasteiger partial charge in [-0.3, -0.25) is 4.98 Å². The minimum Gasteiger partial charge on any atom is -0.323 e. The van der Waals surface area contributed by atoms with Crippen LogP contribution in [0.1, 0.15) is 31.5 Å². The Balaban J connectivity index is 2.49. The normalized spacial score (nSPS) is 12.5. The van der Waals surface area contributed by atoms with Crippen molar-refractivity contribution in [1.82, 2.24) is 4.98 Å². The molecule has 0 aromatic carbocycles. The second-order valence-electron chi connectivity index (χ2n) is 3.36. The highest BCUT2D eigenvalue weighted by Gasteiger charge is 2.05. The van der Waals surface area contributed by atoms with Crippen molar-refractivity contribution in [3.63, 3.8) is 0 Å². The summed E-state index contributed by atoms with van der Waals surface area (Å²) in [6.45, 7) is 5.86. The Morgan fingerprint density at radius 2 is 2.38 bits per heavy atom. The van der Waals surface area contributed by atoms with Crippen LogP contribution in [-0.4, -0.2) is 4.98 Å². The van der Waals surface area contributed by atoms with Crippen molar-refractivity contribution in [1.29, 1.82) is 0 Å². The van der Waals surface area contributed by atoms with Gasteiger partial charge in [-0.05, 0) is 31.9 Å². The van der Waals surface area contributed by atoms with Crippen molar-refractivity contribution >= 4 is 0 Å². The quantitative estimate of drug-likeness (QED) is 0.716. The van der Waals surface area contributed by atoms with E-state index in [0.29, 0.717) is 0 Å². The Morgan fingerprint density at radius 3 is 2.92 bits per heavy atom. The van der Waals surface area contributed by atoms with Crippen molar-refractivity contribution in [2.75, 3.05) is 0 Å². The maximum atomic E-state index is 5.94. The topological polar surface area (TPSA) is 38.9 Å². The lowest BCUT2D eigenvalue weighted by atomic mass is 10.1. The molecule has 0 amide bonds. The van der Waals surface area contributed by atoms with E-state index in [-0.39, 0.29) is 6.04 Å². The SMILES string of the molecule is C=C(C)CCC(N)c1ccccn1. The van der Waals surface area contributed by atoms with Gasteiger partial charge in [0, 0.05) is 12.2 Å². The van der Waals surface area contributed by atoms with Gasteiger partial charge in [-0.2, -0.15) is 0 Å². The fourth-order valence-electron chi connectivity index (χ4n) is 1.15. The fraction of sp³-hybridized carbons (Fsp3) is 0.364. The second kappa shape index (κ2) is 4.77. The van der Waals surface area contributed by atoms with Gasteiger partial charge in [-0.25, -0.2) is 0 Å². The molecule has 0 spiro atoms. The molecule has 1 aromatic heterocycles. The molecule has 2 heteroatoms. The lowest BCUT2D eigenvalue weighted by Crippen LogP contribution is -2.11. The Kier molecular flexibility index (Phi) is 3.65. The van der Waals surface area contributed by atoms with Gasteiger partial charge in [0.2, 0.25) is 0 Å². The van der Waals surface area contributed by atoms with Gasteiger partial charge in [0.25, 0.3) is 0 Å². The summed E-state index contributed by atoms with van der Waals surface area (Å²) < 4.78 is 0. The predicted octanol–water partition coefficient (Wildman–Crippen LogP) is 2.44. The monoisotopic (exact) mass is 176 g/mol. The average molecular weight is 176 g/mol. The van der Waals surface area contributed by atoms with Crippen LogP contribution in [0.4, 0.5) is 0 Å². The Hall–Kier alpha value is -1.15. The van der Waals surface area contributed by atoms with E-state index in [1.807, 2.05) is 25.1 Å². The zero-order chi connectivity index (χ0) is 9.68. The molecule has 1 unspecified atom stereocenters. The molecule has 0 saturated heterocycles. The molecule has 1 rings (SSSR count). The van der Waals surface area contributed by atoms with Crippen LogP contribution in [0.2, 0.25) is 0 Å². The molecule has 0 radical (unpaired) electrons. The molecule has 2 nitrogen and oxygen atoms in total. The Bertz CT molecular complexity index is 267. The first-order chi connectivity index (χ1) is 6.20. The van der Waals surface area contributed by atoms with Gasteiger partial charge in [0.15, 0.2) is 0 Å². The highest BCUT2D eigenvalue weighted by atomic mass is 14.8. The molecular weight excluding hydrogens is 160 g/mol. The zero-order valence-corrected chi connectivity index (χ0v) is 8.03. The number of pyridine rings is 1. The van der Waals surface area contributed by atoms with E-state index in [4.69, 9.17) is 5.73 Å². The number of hydrogen-bond acceptors (Lipinski definition) is 2. The Morgan fingerprint density at radius 1 is 1.62 bits per heavy atom. The molecule has 70 valence electrons. The van der Waals surface area contributed by atoms with Crippen LogP contribution in [-0.2, 0) is 0 Å². The number of nitrogens with zero attached hydrogens (tertiary/aromatic N) is 1. The minimum absolute atomic E-state index is 0.0397. The first-order valence-electron chi connectivity index (χ1n) is 4.51. The highest BCUT2D eigenvalue weighted by Crippen LogP contribution is 2.14. The lowest BCUT2D eigenvalue weighted by molar-refractivity contribution is 0.631. The third kappa shape index (κ3) is 3.38. The molecule has 1 heterocycles. The standard InChI is InChI=1S/C11H16N2/c1-9(2)6-7-10(12)11-5-3-4-8-13-11/h3-5,8,10H,1,6-7,12H2,2H3. The molecule has 1 aromatic rings. The van der Waals surface area contributed by atoms with Crippen LogP contribution in [0.5, 0.6) is 0 Å². The van der Waals surface area contributed by atoms with Crippen LogP contribution >= 0.6 is 0 Å². The molecule has 0 aliphatic rings. The van der Waals surface area contributed by atoms with Gasteiger partial charge in [0.05, 0.1) is 5.69 Å². The number of aromatic nitrogens is 1. The second-order valence-corrected chi connectivity index (χ2v) is 3.36. The summed E-state index contributed by atoms with van der Waals surface area (Å²) in [5.41, 5.74) is 8.07. The Labute approximate surface area is 79.5 Å². The van der Waals surface area contributed by atoms with Gasteiger partial charge >= 0.3 is 0 Å². The van der Waals surface area contributed by atoms with Crippen molar-refractivity contribution < 1.29 is 0 Å². The van der Waals surface area contributed by atoms with Crippen molar-refractivity contribution in [3.8, 4) is 0 Å². The van der Waals surface area contributed by atoms with E-state index in [0.717, 1.165) is 18.5 Å². The molecule has 0 fully saturated rings. The summed E-state index contributed by atoms with van der Waals surface area (Å²) in [4.78, 5) is 4.20. The molecule has 0 aliphatic carbocycles. The van der Waals surface area contributed by atoms with E-state index in [1.165, 1.54) is 5.57 Å². The van der Waals surface area contributed by atoms with Crippen molar-refractivity contribution in [2.45, 2.75) is 25.8 Å². The molecule has 0 saturated carbocycles. The number of hydrogen-bond donors (Lipinski definition) is 1. The van der Waals surface area contributed by atoms with E-state index in [2.05, 4.69) is 11.6 Å². The van der Waals surface area contributed by atoms with Crippen LogP contribution in [0, 0.1) is 0 Å². The molecule has 0 bridgehead atoms. The van der Waals surface area contributed by atoms with E-state index >= 15 is 0 Å². The molecule has 1 atom stereocenters. The van der Waals surface area contributed by atoms with E-state index in [1.54, 1.807) is 6.20 Å². The van der Waals surface area contributed by atoms with Gasteiger partial charge < -0.3 is 5.73 Å². The van der Waals surface area contributed by atoms with Crippen LogP contribution in [0.3, 0.4) is 0 Å². The molecule has 0 aliphatic heterocycles. The third-order valence-corrected chi connectivity index (χ3v) is 1.95. The average Bonchev–Trinajstić information content (AvgIpc) is 2.15. The predicted molar refractivity (Wildman–Crippen MR) is 55.2 cm³/mol. The van der Waals surface area contributed by atoms with Gasteiger partial charge in [-0.1, -0.05) is 11.6 Å². The number of allylic oxidation sites excluding steroid dienone is 1. The smallest absolute Gasteiger partial charge is 0.0571 e. The molecule has 2 N–H and O–H groups in total. The summed E-state index contributed by atoms with van der Waals surface area (Å²) >= 11 is 0. The van der Waals surface area contributed by atoms with Crippen molar-refractivity contribution in [3.05, 3.63) is 42.2 Å². The fourth-order valence-corrected chi connectivity index (χ4v) is 1.15. The first kappa shape index (κ1) is 9.93. The summed E-state index contributed by atoms with van der Waals surface area (Å²) in [5.74, 6) is 0. The molecular formula is C11H16N2. The van der Waals surface area contributed by atoms with Crippen molar-refractivity contribution in [2.24, 2.45) is 5.73 Å².